The minimum Gasteiger partial charge on any atom is -0.469 e. The Kier molecular flexibility index (Phi) is 8.21. The molecule has 0 aromatic heterocycles. The van der Waals surface area contributed by atoms with Gasteiger partial charge in [0.1, 0.15) is 0 Å². The van der Waals surface area contributed by atoms with Crippen LogP contribution in [0.4, 0.5) is 0 Å². The first-order valence-corrected chi connectivity index (χ1v) is 15.5. The summed E-state index contributed by atoms with van der Waals surface area (Å²) >= 11 is 0. The Hall–Kier alpha value is -1.53. The van der Waals surface area contributed by atoms with E-state index in [0.717, 1.165) is 50.2 Å². The normalized spacial score (nSPS) is 32.6. The van der Waals surface area contributed by atoms with Crippen LogP contribution in [0.2, 0.25) is 18.1 Å². The summed E-state index contributed by atoms with van der Waals surface area (Å²) in [7, 11) is -0.614. The molecule has 0 aromatic carbocycles. The lowest BCUT2D eigenvalue weighted by Crippen LogP contribution is -2.66. The molecule has 0 radical (unpaired) electrons. The molecule has 2 fully saturated rings. The molecule has 0 heterocycles. The largest absolute Gasteiger partial charge is 0.469 e. The van der Waals surface area contributed by atoms with E-state index >= 15 is 0 Å². The number of methoxy groups -OCH3 is 1. The SMILES string of the molecule is CCCC[C@H]1[C@@H](/C=C/C(=O)CCC(=O)OC)[C@]23C(=O)C=C[C@@]2(O[Si](CC)(CC)CC)CC[C@H]13. The molecule has 184 valence electrons. The summed E-state index contributed by atoms with van der Waals surface area (Å²) in [6.45, 7) is 8.90. The zero-order chi connectivity index (χ0) is 24.3. The smallest absolute Gasteiger partial charge is 0.305 e. The number of allylic oxidation sites excluding steroid dienone is 3. The van der Waals surface area contributed by atoms with E-state index < -0.39 is 19.3 Å². The first-order valence-electron chi connectivity index (χ1n) is 13.0. The third kappa shape index (κ3) is 4.22. The van der Waals surface area contributed by atoms with Crippen LogP contribution in [0.15, 0.2) is 24.3 Å². The van der Waals surface area contributed by atoms with Crippen molar-refractivity contribution < 1.29 is 23.5 Å². The lowest BCUT2D eigenvalue weighted by atomic mass is 9.43. The van der Waals surface area contributed by atoms with Gasteiger partial charge in [-0.3, -0.25) is 14.4 Å². The van der Waals surface area contributed by atoms with E-state index in [1.807, 2.05) is 6.08 Å². The Bertz CT molecular complexity index is 805. The molecular weight excluding hydrogens is 432 g/mol. The Morgan fingerprint density at radius 1 is 1.15 bits per heavy atom. The summed E-state index contributed by atoms with van der Waals surface area (Å²) in [4.78, 5) is 37.5. The molecule has 0 aliphatic heterocycles. The molecule has 5 atom stereocenters. The number of ether oxygens (including phenoxy) is 1. The number of hydrogen-bond donors (Lipinski definition) is 0. The highest BCUT2D eigenvalue weighted by atomic mass is 28.4. The van der Waals surface area contributed by atoms with Crippen LogP contribution >= 0.6 is 0 Å². The van der Waals surface area contributed by atoms with Crippen molar-refractivity contribution in [3.63, 3.8) is 0 Å². The first kappa shape index (κ1) is 26.1. The molecule has 33 heavy (non-hydrogen) atoms. The van der Waals surface area contributed by atoms with Crippen LogP contribution in [0.3, 0.4) is 0 Å². The molecule has 0 saturated heterocycles. The van der Waals surface area contributed by atoms with Gasteiger partial charge in [-0.25, -0.2) is 0 Å². The molecule has 3 aliphatic rings. The van der Waals surface area contributed by atoms with Crippen LogP contribution in [0.5, 0.6) is 0 Å². The molecule has 6 heteroatoms. The summed E-state index contributed by atoms with van der Waals surface area (Å²) in [5.74, 6) is 0.475. The maximum absolute atomic E-state index is 13.6. The topological polar surface area (TPSA) is 69.7 Å². The molecule has 0 aromatic rings. The van der Waals surface area contributed by atoms with Crippen molar-refractivity contribution >= 4 is 25.9 Å². The number of esters is 1. The fraction of sp³-hybridized carbons (Fsp3) is 0.741. The summed E-state index contributed by atoms with van der Waals surface area (Å²) < 4.78 is 11.8. The fourth-order valence-electron chi connectivity index (χ4n) is 7.05. The summed E-state index contributed by atoms with van der Waals surface area (Å²) in [5, 5.41) is 0. The van der Waals surface area contributed by atoms with Crippen LogP contribution in [-0.4, -0.2) is 38.6 Å². The Morgan fingerprint density at radius 3 is 2.45 bits per heavy atom. The van der Waals surface area contributed by atoms with E-state index in [1.54, 1.807) is 12.2 Å². The van der Waals surface area contributed by atoms with Gasteiger partial charge in [0, 0.05) is 6.42 Å². The minimum atomic E-state index is -1.95. The highest BCUT2D eigenvalue weighted by Crippen LogP contribution is 2.74. The van der Waals surface area contributed by atoms with Crippen molar-refractivity contribution in [3.05, 3.63) is 24.3 Å². The zero-order valence-corrected chi connectivity index (χ0v) is 22.2. The van der Waals surface area contributed by atoms with Gasteiger partial charge in [-0.15, -0.1) is 0 Å². The second-order valence-electron chi connectivity index (χ2n) is 10.2. The van der Waals surface area contributed by atoms with Gasteiger partial charge in [-0.1, -0.05) is 46.6 Å². The Morgan fingerprint density at radius 2 is 1.85 bits per heavy atom. The van der Waals surface area contributed by atoms with Crippen LogP contribution in [0, 0.1) is 23.2 Å². The van der Waals surface area contributed by atoms with Crippen LogP contribution < -0.4 is 0 Å². The van der Waals surface area contributed by atoms with E-state index in [1.165, 1.54) is 7.11 Å². The molecule has 0 amide bonds. The highest BCUT2D eigenvalue weighted by Gasteiger charge is 2.77. The standard InChI is InChI=1S/C27H42O5Si/c1-6-10-11-21-22(14-12-20(28)13-15-25(30)31-5)27-23(21)16-18-26(27,19-17-24(27)29)32-33(7-2,8-3)9-4/h12,14,17,19,21-23H,6-11,13,15-16,18H2,1-5H3/b14-12+/t21-,22+,23+,26-,27-/m0/s1. The molecule has 5 nitrogen and oxygen atoms in total. The third-order valence-corrected chi connectivity index (χ3v) is 13.7. The van der Waals surface area contributed by atoms with Gasteiger partial charge in [-0.2, -0.15) is 0 Å². The van der Waals surface area contributed by atoms with Crippen molar-refractivity contribution in [2.45, 2.75) is 96.4 Å². The zero-order valence-electron chi connectivity index (χ0n) is 21.2. The van der Waals surface area contributed by atoms with Gasteiger partial charge in [0.05, 0.1) is 24.5 Å². The predicted octanol–water partition coefficient (Wildman–Crippen LogP) is 5.80. The number of carbonyl (C=O) groups excluding carboxylic acids is 3. The quantitative estimate of drug-likeness (QED) is 0.192. The van der Waals surface area contributed by atoms with Gasteiger partial charge < -0.3 is 9.16 Å². The van der Waals surface area contributed by atoms with Gasteiger partial charge in [0.2, 0.25) is 0 Å². The van der Waals surface area contributed by atoms with Crippen molar-refractivity contribution in [3.8, 4) is 0 Å². The molecule has 2 saturated carbocycles. The molecule has 1 spiro atoms. The number of rotatable bonds is 13. The monoisotopic (exact) mass is 474 g/mol. The third-order valence-electron chi connectivity index (χ3n) is 9.04. The molecule has 0 unspecified atom stereocenters. The van der Waals surface area contributed by atoms with Crippen LogP contribution in [-0.2, 0) is 23.5 Å². The lowest BCUT2D eigenvalue weighted by molar-refractivity contribution is -0.172. The maximum atomic E-state index is 13.6. The molecular formula is C27H42O5Si. The Labute approximate surface area is 200 Å². The fourth-order valence-corrected chi connectivity index (χ4v) is 10.1. The van der Waals surface area contributed by atoms with Crippen LogP contribution in [0.25, 0.3) is 0 Å². The van der Waals surface area contributed by atoms with E-state index in [-0.39, 0.29) is 36.3 Å². The highest BCUT2D eigenvalue weighted by molar-refractivity contribution is 6.73. The first-order chi connectivity index (χ1) is 15.8. The number of unbranched alkanes of at least 4 members (excludes halogenated alkanes) is 1. The van der Waals surface area contributed by atoms with Gasteiger partial charge >= 0.3 is 5.97 Å². The number of carbonyl (C=O) groups is 3. The average molecular weight is 475 g/mol. The van der Waals surface area contributed by atoms with E-state index in [0.29, 0.717) is 11.8 Å². The number of hydrogen-bond acceptors (Lipinski definition) is 5. The van der Waals surface area contributed by atoms with Crippen LogP contribution in [0.1, 0.15) is 72.6 Å². The molecule has 3 aliphatic carbocycles. The second kappa shape index (κ2) is 10.4. The number of ketones is 2. The van der Waals surface area contributed by atoms with Crippen molar-refractivity contribution in [2.24, 2.45) is 23.2 Å². The lowest BCUT2D eigenvalue weighted by Gasteiger charge is -2.61. The second-order valence-corrected chi connectivity index (χ2v) is 14.9. The minimum absolute atomic E-state index is 0.0124. The van der Waals surface area contributed by atoms with Crippen molar-refractivity contribution in [1.82, 2.24) is 0 Å². The predicted molar refractivity (Wildman–Crippen MR) is 132 cm³/mol. The maximum Gasteiger partial charge on any atom is 0.305 e. The van der Waals surface area contributed by atoms with E-state index in [4.69, 9.17) is 4.43 Å². The van der Waals surface area contributed by atoms with E-state index in [2.05, 4.69) is 38.5 Å². The molecule has 0 N–H and O–H groups in total. The summed E-state index contributed by atoms with van der Waals surface area (Å²) in [6.07, 6.45) is 13.0. The summed E-state index contributed by atoms with van der Waals surface area (Å²) in [5.41, 5.74) is -1.07. The average Bonchev–Trinajstić information content (AvgIpc) is 3.27. The van der Waals surface area contributed by atoms with Crippen molar-refractivity contribution in [2.75, 3.05) is 7.11 Å². The summed E-state index contributed by atoms with van der Waals surface area (Å²) in [6, 6.07) is 3.16. The van der Waals surface area contributed by atoms with Gasteiger partial charge in [-0.05, 0) is 73.4 Å². The molecule has 3 rings (SSSR count). The van der Waals surface area contributed by atoms with Gasteiger partial charge in [0.25, 0.3) is 0 Å². The molecule has 0 bridgehead atoms. The van der Waals surface area contributed by atoms with Gasteiger partial charge in [0.15, 0.2) is 19.9 Å². The van der Waals surface area contributed by atoms with Crippen molar-refractivity contribution in [1.29, 1.82) is 0 Å². The van der Waals surface area contributed by atoms with E-state index in [9.17, 15) is 14.4 Å². The Balaban J connectivity index is 1.93.